The molecule has 0 radical (unpaired) electrons. The van der Waals surface area contributed by atoms with Gasteiger partial charge in [-0.15, -0.1) is 0 Å². The number of benzene rings is 4. The van der Waals surface area contributed by atoms with Crippen LogP contribution in [0.2, 0.25) is 0 Å². The molecule has 1 aromatic heterocycles. The summed E-state index contributed by atoms with van der Waals surface area (Å²) in [6.07, 6.45) is 0. The average molecular weight is 600 g/mol. The van der Waals surface area contributed by atoms with Crippen LogP contribution in [-0.4, -0.2) is 66.6 Å². The molecule has 0 atom stereocenters. The van der Waals surface area contributed by atoms with E-state index in [2.05, 4.69) is 4.57 Å². The Balaban J connectivity index is 1.26. The van der Waals surface area contributed by atoms with Crippen LogP contribution in [0.3, 0.4) is 0 Å². The maximum Gasteiger partial charge on any atom is 0.255 e. The van der Waals surface area contributed by atoms with Gasteiger partial charge in [-0.3, -0.25) is 9.59 Å². The second-order valence-electron chi connectivity index (χ2n) is 11.2. The van der Waals surface area contributed by atoms with Crippen molar-refractivity contribution < 1.29 is 19.1 Å². The lowest BCUT2D eigenvalue weighted by atomic mass is 9.90. The summed E-state index contributed by atoms with van der Waals surface area (Å²) in [4.78, 5) is 31.8. The van der Waals surface area contributed by atoms with Crippen molar-refractivity contribution >= 4 is 11.8 Å². The fraction of sp³-hybridized carbons (Fsp3) is 0.211. The molecule has 6 rings (SSSR count). The Morgan fingerprint density at radius 2 is 1.22 bits per heavy atom. The molecule has 7 heteroatoms. The van der Waals surface area contributed by atoms with Gasteiger partial charge in [-0.1, -0.05) is 66.7 Å². The maximum atomic E-state index is 14.1. The van der Waals surface area contributed by atoms with E-state index in [9.17, 15) is 9.59 Å². The number of aromatic nitrogens is 1. The van der Waals surface area contributed by atoms with Gasteiger partial charge >= 0.3 is 0 Å². The molecule has 2 amide bonds. The van der Waals surface area contributed by atoms with Crippen molar-refractivity contribution in [1.82, 2.24) is 14.4 Å². The number of ether oxygens (including phenoxy) is 2. The first-order valence-electron chi connectivity index (χ1n) is 15.2. The lowest BCUT2D eigenvalue weighted by Crippen LogP contribution is -2.51. The number of piperazine rings is 1. The Morgan fingerprint density at radius 1 is 0.644 bits per heavy atom. The number of hydrogen-bond acceptors (Lipinski definition) is 4. The predicted molar refractivity (Wildman–Crippen MR) is 176 cm³/mol. The first-order valence-corrected chi connectivity index (χ1v) is 15.2. The van der Waals surface area contributed by atoms with Crippen molar-refractivity contribution in [2.24, 2.45) is 0 Å². The molecule has 0 aliphatic carbocycles. The summed E-state index contributed by atoms with van der Waals surface area (Å²) in [5.74, 6) is 1.13. The van der Waals surface area contributed by atoms with Crippen molar-refractivity contribution in [3.05, 3.63) is 138 Å². The molecule has 5 aromatic rings. The van der Waals surface area contributed by atoms with E-state index in [1.165, 1.54) is 0 Å². The molecule has 0 N–H and O–H groups in total. The molecule has 1 aliphatic rings. The smallest absolute Gasteiger partial charge is 0.255 e. The third-order valence-corrected chi connectivity index (χ3v) is 8.57. The monoisotopic (exact) mass is 599 g/mol. The minimum atomic E-state index is -0.388. The zero-order valence-corrected chi connectivity index (χ0v) is 25.9. The second-order valence-corrected chi connectivity index (χ2v) is 11.2. The minimum absolute atomic E-state index is 0.0429. The summed E-state index contributed by atoms with van der Waals surface area (Å²) in [6, 6.07) is 37.5. The summed E-state index contributed by atoms with van der Waals surface area (Å²) in [5, 5.41) is 0. The molecule has 0 spiro atoms. The highest BCUT2D eigenvalue weighted by atomic mass is 16.5. The van der Waals surface area contributed by atoms with Crippen LogP contribution < -0.4 is 9.47 Å². The lowest BCUT2D eigenvalue weighted by molar-refractivity contribution is -0.133. The van der Waals surface area contributed by atoms with Gasteiger partial charge in [0.25, 0.3) is 5.91 Å². The zero-order chi connectivity index (χ0) is 31.3. The van der Waals surface area contributed by atoms with E-state index in [1.54, 1.807) is 14.2 Å². The van der Waals surface area contributed by atoms with Crippen molar-refractivity contribution in [2.75, 3.05) is 40.4 Å². The van der Waals surface area contributed by atoms with Crippen LogP contribution in [-0.2, 0) is 4.79 Å². The van der Waals surface area contributed by atoms with E-state index in [4.69, 9.17) is 9.47 Å². The molecule has 45 heavy (non-hydrogen) atoms. The van der Waals surface area contributed by atoms with Crippen LogP contribution in [0.25, 0.3) is 16.9 Å². The van der Waals surface area contributed by atoms with E-state index in [0.29, 0.717) is 31.7 Å². The Labute approximate surface area is 264 Å². The topological polar surface area (TPSA) is 64.0 Å². The summed E-state index contributed by atoms with van der Waals surface area (Å²) < 4.78 is 13.0. The zero-order valence-electron chi connectivity index (χ0n) is 25.9. The second kappa shape index (κ2) is 13.1. The van der Waals surface area contributed by atoms with E-state index < -0.39 is 0 Å². The molecule has 7 nitrogen and oxygen atoms in total. The number of carbonyl (C=O) groups is 2. The van der Waals surface area contributed by atoms with Crippen LogP contribution in [0.5, 0.6) is 11.5 Å². The normalized spacial score (nSPS) is 13.2. The van der Waals surface area contributed by atoms with E-state index in [-0.39, 0.29) is 17.7 Å². The molecule has 1 fully saturated rings. The molecule has 0 unspecified atom stereocenters. The molecular formula is C38H37N3O4. The van der Waals surface area contributed by atoms with Crippen molar-refractivity contribution in [2.45, 2.75) is 12.8 Å². The Kier molecular flexibility index (Phi) is 8.69. The number of hydrogen-bond donors (Lipinski definition) is 0. The van der Waals surface area contributed by atoms with Crippen LogP contribution in [0, 0.1) is 6.92 Å². The Morgan fingerprint density at radius 3 is 1.80 bits per heavy atom. The Hall–Kier alpha value is -5.30. The van der Waals surface area contributed by atoms with Gasteiger partial charge in [-0.05, 0) is 66.1 Å². The largest absolute Gasteiger partial charge is 0.497 e. The van der Waals surface area contributed by atoms with Crippen LogP contribution in [0.15, 0.2) is 115 Å². The van der Waals surface area contributed by atoms with Crippen LogP contribution >= 0.6 is 0 Å². The van der Waals surface area contributed by atoms with Gasteiger partial charge in [0.15, 0.2) is 0 Å². The summed E-state index contributed by atoms with van der Waals surface area (Å²) >= 11 is 0. The number of methoxy groups -OCH3 is 2. The molecule has 228 valence electrons. The third-order valence-electron chi connectivity index (χ3n) is 8.57. The van der Waals surface area contributed by atoms with E-state index in [0.717, 1.165) is 45.3 Å². The Bertz CT molecular complexity index is 1730. The summed E-state index contributed by atoms with van der Waals surface area (Å²) in [5.41, 5.74) is 6.17. The van der Waals surface area contributed by atoms with Gasteiger partial charge in [0.05, 0.1) is 31.4 Å². The van der Waals surface area contributed by atoms with Gasteiger partial charge in [0.2, 0.25) is 5.91 Å². The highest BCUT2D eigenvalue weighted by molar-refractivity contribution is 5.97. The van der Waals surface area contributed by atoms with Crippen LogP contribution in [0.4, 0.5) is 0 Å². The van der Waals surface area contributed by atoms with E-state index in [1.807, 2.05) is 132 Å². The molecule has 0 bridgehead atoms. The quantitative estimate of drug-likeness (QED) is 0.202. The van der Waals surface area contributed by atoms with Crippen molar-refractivity contribution in [1.29, 1.82) is 0 Å². The van der Waals surface area contributed by atoms with Crippen LogP contribution in [0.1, 0.15) is 33.1 Å². The molecule has 4 aromatic carbocycles. The number of rotatable bonds is 8. The molecule has 1 saturated heterocycles. The number of nitrogens with zero attached hydrogens (tertiary/aromatic N) is 3. The first kappa shape index (κ1) is 29.8. The van der Waals surface area contributed by atoms with E-state index >= 15 is 0 Å². The highest BCUT2D eigenvalue weighted by Crippen LogP contribution is 2.33. The van der Waals surface area contributed by atoms with Gasteiger partial charge in [0.1, 0.15) is 11.5 Å². The third kappa shape index (κ3) is 6.07. The SMILES string of the molecule is COc1ccc(-c2cc(C(=O)N3CCN(C(=O)C(c4ccccc4)c4ccccc4)CC3)c(C)n2-c2cccc(OC)c2)cc1. The lowest BCUT2D eigenvalue weighted by Gasteiger charge is -2.36. The van der Waals surface area contributed by atoms with Gasteiger partial charge in [0, 0.05) is 43.6 Å². The van der Waals surface area contributed by atoms with Gasteiger partial charge in [-0.25, -0.2) is 0 Å². The van der Waals surface area contributed by atoms with Crippen molar-refractivity contribution in [3.8, 4) is 28.4 Å². The molecule has 0 saturated carbocycles. The average Bonchev–Trinajstić information content (AvgIpc) is 3.45. The van der Waals surface area contributed by atoms with Gasteiger partial charge in [-0.2, -0.15) is 0 Å². The summed E-state index contributed by atoms with van der Waals surface area (Å²) in [6.45, 7) is 3.85. The fourth-order valence-electron chi connectivity index (χ4n) is 6.13. The predicted octanol–water partition coefficient (Wildman–Crippen LogP) is 6.59. The summed E-state index contributed by atoms with van der Waals surface area (Å²) in [7, 11) is 3.29. The molecular weight excluding hydrogens is 562 g/mol. The molecule has 1 aliphatic heterocycles. The fourth-order valence-corrected chi connectivity index (χ4v) is 6.13. The minimum Gasteiger partial charge on any atom is -0.497 e. The number of carbonyl (C=O) groups excluding carboxylic acids is 2. The first-order chi connectivity index (χ1) is 22.0. The standard InChI is InChI=1S/C38H37N3O4/c1-27-34(26-35(28-17-19-32(44-2)20-18-28)41(27)31-15-10-16-33(25-31)45-3)37(42)39-21-23-40(24-22-39)38(43)36(29-11-6-4-7-12-29)30-13-8-5-9-14-30/h4-20,25-26,36H,21-24H2,1-3H3. The highest BCUT2D eigenvalue weighted by Gasteiger charge is 2.32. The molecule has 2 heterocycles. The number of amides is 2. The van der Waals surface area contributed by atoms with Gasteiger partial charge < -0.3 is 23.8 Å². The van der Waals surface area contributed by atoms with Crippen molar-refractivity contribution in [3.63, 3.8) is 0 Å². The maximum absolute atomic E-state index is 14.1.